The van der Waals surface area contributed by atoms with Crippen molar-refractivity contribution in [1.82, 2.24) is 5.32 Å². The summed E-state index contributed by atoms with van der Waals surface area (Å²) in [5, 5.41) is 2.89. The predicted molar refractivity (Wildman–Crippen MR) is 86.0 cm³/mol. The van der Waals surface area contributed by atoms with E-state index in [2.05, 4.69) is 37.2 Å². The average Bonchev–Trinajstić information content (AvgIpc) is 2.47. The van der Waals surface area contributed by atoms with Crippen LogP contribution in [-0.4, -0.2) is 13.0 Å². The summed E-state index contributed by atoms with van der Waals surface area (Å²) in [6.07, 6.45) is 0. The van der Waals surface area contributed by atoms with Crippen LogP contribution in [0.25, 0.3) is 0 Å². The first-order valence-corrected chi connectivity index (χ1v) is 7.55. The maximum Gasteiger partial charge on any atom is 0.252 e. The Morgan fingerprint density at radius 1 is 1.15 bits per heavy atom. The molecule has 0 aromatic heterocycles. The molecule has 3 nitrogen and oxygen atoms in total. The number of amides is 1. The Balaban J connectivity index is 2.02. The smallest absolute Gasteiger partial charge is 0.252 e. The van der Waals surface area contributed by atoms with E-state index in [9.17, 15) is 4.79 Å². The predicted octanol–water partition coefficient (Wildman–Crippen LogP) is 4.15. The number of halogens is 2. The van der Waals surface area contributed by atoms with E-state index in [-0.39, 0.29) is 5.91 Å². The largest absolute Gasteiger partial charge is 0.497 e. The molecular formula is C15H13Br2NO2. The van der Waals surface area contributed by atoms with Crippen LogP contribution in [0.1, 0.15) is 15.9 Å². The average molecular weight is 399 g/mol. The van der Waals surface area contributed by atoms with Crippen molar-refractivity contribution in [3.63, 3.8) is 0 Å². The summed E-state index contributed by atoms with van der Waals surface area (Å²) in [5.41, 5.74) is 1.62. The van der Waals surface area contributed by atoms with Crippen molar-refractivity contribution < 1.29 is 9.53 Å². The maximum absolute atomic E-state index is 12.1. The highest BCUT2D eigenvalue weighted by Gasteiger charge is 2.10. The SMILES string of the molecule is COc1ccc(CNC(=O)c2cc(Br)ccc2Br)cc1. The summed E-state index contributed by atoms with van der Waals surface area (Å²) in [5.74, 6) is 0.684. The van der Waals surface area contributed by atoms with Gasteiger partial charge in [-0.3, -0.25) is 4.79 Å². The second-order valence-corrected chi connectivity index (χ2v) is 5.92. The van der Waals surface area contributed by atoms with Crippen LogP contribution in [0.15, 0.2) is 51.4 Å². The molecule has 0 saturated heterocycles. The monoisotopic (exact) mass is 397 g/mol. The van der Waals surface area contributed by atoms with E-state index >= 15 is 0 Å². The van der Waals surface area contributed by atoms with Gasteiger partial charge in [-0.15, -0.1) is 0 Å². The van der Waals surface area contributed by atoms with Gasteiger partial charge >= 0.3 is 0 Å². The summed E-state index contributed by atoms with van der Waals surface area (Å²) in [6, 6.07) is 13.1. The summed E-state index contributed by atoms with van der Waals surface area (Å²) in [6.45, 7) is 0.474. The molecule has 0 aliphatic carbocycles. The van der Waals surface area contributed by atoms with Gasteiger partial charge < -0.3 is 10.1 Å². The quantitative estimate of drug-likeness (QED) is 0.839. The van der Waals surface area contributed by atoms with Crippen LogP contribution >= 0.6 is 31.9 Å². The van der Waals surface area contributed by atoms with E-state index in [1.54, 1.807) is 13.2 Å². The van der Waals surface area contributed by atoms with Gasteiger partial charge in [-0.05, 0) is 51.8 Å². The maximum atomic E-state index is 12.1. The molecule has 104 valence electrons. The zero-order valence-corrected chi connectivity index (χ0v) is 14.0. The Kier molecular flexibility index (Phi) is 5.20. The molecule has 0 unspecified atom stereocenters. The van der Waals surface area contributed by atoms with E-state index in [1.807, 2.05) is 36.4 Å². The van der Waals surface area contributed by atoms with Crippen molar-refractivity contribution in [2.75, 3.05) is 7.11 Å². The lowest BCUT2D eigenvalue weighted by atomic mass is 10.2. The van der Waals surface area contributed by atoms with Crippen LogP contribution in [-0.2, 0) is 6.54 Å². The summed E-state index contributed by atoms with van der Waals surface area (Å²) in [4.78, 5) is 12.1. The first-order chi connectivity index (χ1) is 9.60. The van der Waals surface area contributed by atoms with Crippen molar-refractivity contribution in [3.05, 3.63) is 62.5 Å². The zero-order valence-electron chi connectivity index (χ0n) is 10.8. The normalized spacial score (nSPS) is 10.2. The standard InChI is InChI=1S/C15H13Br2NO2/c1-20-12-5-2-10(3-6-12)9-18-15(19)13-8-11(16)4-7-14(13)17/h2-8H,9H2,1H3,(H,18,19). The molecule has 0 atom stereocenters. The molecule has 0 fully saturated rings. The highest BCUT2D eigenvalue weighted by atomic mass is 79.9. The van der Waals surface area contributed by atoms with E-state index in [0.29, 0.717) is 12.1 Å². The van der Waals surface area contributed by atoms with Gasteiger partial charge in [0.2, 0.25) is 0 Å². The molecule has 20 heavy (non-hydrogen) atoms. The fourth-order valence-corrected chi connectivity index (χ4v) is 2.48. The Morgan fingerprint density at radius 2 is 1.85 bits per heavy atom. The van der Waals surface area contributed by atoms with Crippen molar-refractivity contribution in [1.29, 1.82) is 0 Å². The lowest BCUT2D eigenvalue weighted by molar-refractivity contribution is 0.0950. The van der Waals surface area contributed by atoms with Gasteiger partial charge in [-0.25, -0.2) is 0 Å². The minimum Gasteiger partial charge on any atom is -0.497 e. The van der Waals surface area contributed by atoms with Gasteiger partial charge in [0.25, 0.3) is 5.91 Å². The number of nitrogens with one attached hydrogen (secondary N) is 1. The zero-order chi connectivity index (χ0) is 14.5. The second kappa shape index (κ2) is 6.90. The Morgan fingerprint density at radius 3 is 2.50 bits per heavy atom. The molecule has 1 N–H and O–H groups in total. The topological polar surface area (TPSA) is 38.3 Å². The van der Waals surface area contributed by atoms with Gasteiger partial charge in [0.1, 0.15) is 5.75 Å². The molecule has 2 aromatic rings. The van der Waals surface area contributed by atoms with Gasteiger partial charge in [-0.2, -0.15) is 0 Å². The lowest BCUT2D eigenvalue weighted by Gasteiger charge is -2.08. The van der Waals surface area contributed by atoms with E-state index in [0.717, 1.165) is 20.3 Å². The van der Waals surface area contributed by atoms with Crippen LogP contribution < -0.4 is 10.1 Å². The Hall–Kier alpha value is -1.33. The van der Waals surface area contributed by atoms with Crippen LogP contribution in [0.3, 0.4) is 0 Å². The van der Waals surface area contributed by atoms with Crippen molar-refractivity contribution in [3.8, 4) is 5.75 Å². The molecule has 1 amide bonds. The van der Waals surface area contributed by atoms with Crippen molar-refractivity contribution >= 4 is 37.8 Å². The fraction of sp³-hybridized carbons (Fsp3) is 0.133. The van der Waals surface area contributed by atoms with E-state index in [4.69, 9.17) is 4.74 Å². The molecule has 5 heteroatoms. The van der Waals surface area contributed by atoms with Crippen molar-refractivity contribution in [2.45, 2.75) is 6.54 Å². The van der Waals surface area contributed by atoms with Gasteiger partial charge in [0.05, 0.1) is 12.7 Å². The molecule has 0 aliphatic heterocycles. The molecule has 0 spiro atoms. The number of hydrogen-bond donors (Lipinski definition) is 1. The highest BCUT2D eigenvalue weighted by Crippen LogP contribution is 2.21. The summed E-state index contributed by atoms with van der Waals surface area (Å²) < 4.78 is 6.74. The third-order valence-corrected chi connectivity index (χ3v) is 3.97. The van der Waals surface area contributed by atoms with Gasteiger partial charge in [0, 0.05) is 15.5 Å². The fourth-order valence-electron chi connectivity index (χ4n) is 1.69. The van der Waals surface area contributed by atoms with Gasteiger partial charge in [-0.1, -0.05) is 28.1 Å². The van der Waals surface area contributed by atoms with Crippen LogP contribution in [0.5, 0.6) is 5.75 Å². The number of methoxy groups -OCH3 is 1. The molecule has 0 bridgehead atoms. The molecule has 0 saturated carbocycles. The Bertz CT molecular complexity index is 612. The van der Waals surface area contributed by atoms with Crippen LogP contribution in [0.2, 0.25) is 0 Å². The second-order valence-electron chi connectivity index (χ2n) is 4.15. The highest BCUT2D eigenvalue weighted by molar-refractivity contribution is 9.11. The third kappa shape index (κ3) is 3.84. The number of benzene rings is 2. The number of ether oxygens (including phenoxy) is 1. The lowest BCUT2D eigenvalue weighted by Crippen LogP contribution is -2.23. The molecule has 2 aromatic carbocycles. The summed E-state index contributed by atoms with van der Waals surface area (Å²) in [7, 11) is 1.63. The first kappa shape index (κ1) is 15.1. The van der Waals surface area contributed by atoms with E-state index in [1.165, 1.54) is 0 Å². The first-order valence-electron chi connectivity index (χ1n) is 5.96. The molecule has 0 radical (unpaired) electrons. The van der Waals surface area contributed by atoms with Gasteiger partial charge in [0.15, 0.2) is 0 Å². The third-order valence-electron chi connectivity index (χ3n) is 2.79. The van der Waals surface area contributed by atoms with E-state index < -0.39 is 0 Å². The molecule has 0 heterocycles. The Labute approximate surface area is 134 Å². The molecular weight excluding hydrogens is 386 g/mol. The van der Waals surface area contributed by atoms with Crippen LogP contribution in [0.4, 0.5) is 0 Å². The van der Waals surface area contributed by atoms with Crippen LogP contribution in [0, 0.1) is 0 Å². The molecule has 2 rings (SSSR count). The number of carbonyl (C=O) groups is 1. The number of rotatable bonds is 4. The van der Waals surface area contributed by atoms with Crippen molar-refractivity contribution in [2.24, 2.45) is 0 Å². The molecule has 0 aliphatic rings. The summed E-state index contributed by atoms with van der Waals surface area (Å²) >= 11 is 6.74. The minimum absolute atomic E-state index is 0.117. The minimum atomic E-state index is -0.117. The number of hydrogen-bond acceptors (Lipinski definition) is 2. The number of carbonyl (C=O) groups excluding carboxylic acids is 1.